The van der Waals surface area contributed by atoms with Crippen LogP contribution in [0.4, 0.5) is 0 Å². The lowest BCUT2D eigenvalue weighted by Gasteiger charge is -2.06. The largest absolute Gasteiger partial charge is 0.447 e. The van der Waals surface area contributed by atoms with Crippen LogP contribution in [-0.4, -0.2) is 23.2 Å². The van der Waals surface area contributed by atoms with Crippen LogP contribution in [0, 0.1) is 0 Å². The van der Waals surface area contributed by atoms with Crippen LogP contribution in [0.25, 0.3) is 0 Å². The molecule has 0 aliphatic heterocycles. The molecule has 2 aromatic rings. The average Bonchev–Trinajstić information content (AvgIpc) is 3.02. The molecule has 0 unspecified atom stereocenters. The molecule has 124 valence electrons. The predicted octanol–water partition coefficient (Wildman–Crippen LogP) is 4.86. The van der Waals surface area contributed by atoms with Gasteiger partial charge in [-0.05, 0) is 46.7 Å². The molecule has 0 radical (unpaired) electrons. The van der Waals surface area contributed by atoms with E-state index in [0.717, 1.165) is 23.1 Å². The van der Waals surface area contributed by atoms with Crippen molar-refractivity contribution in [2.75, 3.05) is 12.3 Å². The molecule has 0 saturated carbocycles. The third kappa shape index (κ3) is 5.39. The third-order valence-electron chi connectivity index (χ3n) is 3.29. The van der Waals surface area contributed by atoms with Crippen molar-refractivity contribution in [3.63, 3.8) is 0 Å². The Morgan fingerprint density at radius 2 is 2.13 bits per heavy atom. The van der Waals surface area contributed by atoms with E-state index >= 15 is 0 Å². The molecule has 0 saturated heterocycles. The van der Waals surface area contributed by atoms with Crippen molar-refractivity contribution >= 4 is 33.6 Å². The van der Waals surface area contributed by atoms with Gasteiger partial charge < -0.3 is 9.73 Å². The van der Waals surface area contributed by atoms with Gasteiger partial charge in [-0.2, -0.15) is 0 Å². The van der Waals surface area contributed by atoms with Crippen molar-refractivity contribution in [1.82, 2.24) is 10.3 Å². The van der Waals surface area contributed by atoms with Crippen LogP contribution < -0.4 is 5.32 Å². The van der Waals surface area contributed by atoms with E-state index in [-0.39, 0.29) is 11.8 Å². The van der Waals surface area contributed by atoms with Crippen LogP contribution >= 0.6 is 27.7 Å². The number of carbonyl (C=O) groups excluding carboxylic acids is 1. The Morgan fingerprint density at radius 1 is 1.35 bits per heavy atom. The van der Waals surface area contributed by atoms with Crippen molar-refractivity contribution in [2.24, 2.45) is 0 Å². The van der Waals surface area contributed by atoms with Gasteiger partial charge in [-0.3, -0.25) is 4.79 Å². The zero-order valence-electron chi connectivity index (χ0n) is 13.3. The molecular formula is C17H21BrN2O2S. The topological polar surface area (TPSA) is 55.1 Å². The van der Waals surface area contributed by atoms with E-state index in [0.29, 0.717) is 18.0 Å². The van der Waals surface area contributed by atoms with Gasteiger partial charge >= 0.3 is 0 Å². The maximum Gasteiger partial charge on any atom is 0.273 e. The summed E-state index contributed by atoms with van der Waals surface area (Å²) in [4.78, 5) is 17.3. The van der Waals surface area contributed by atoms with Crippen molar-refractivity contribution < 1.29 is 9.21 Å². The summed E-state index contributed by atoms with van der Waals surface area (Å²) in [6.45, 7) is 4.62. The van der Waals surface area contributed by atoms with Crippen molar-refractivity contribution in [2.45, 2.75) is 37.5 Å². The van der Waals surface area contributed by atoms with Crippen LogP contribution in [0.15, 0.2) is 44.4 Å². The molecule has 0 aliphatic rings. The highest BCUT2D eigenvalue weighted by molar-refractivity contribution is 9.10. The van der Waals surface area contributed by atoms with Gasteiger partial charge in [0.1, 0.15) is 5.76 Å². The summed E-state index contributed by atoms with van der Waals surface area (Å²) in [7, 11) is 0. The quantitative estimate of drug-likeness (QED) is 0.511. The lowest BCUT2D eigenvalue weighted by atomic mass is 10.1. The number of halogens is 1. The molecule has 2 rings (SSSR count). The van der Waals surface area contributed by atoms with Gasteiger partial charge in [-0.15, -0.1) is 11.8 Å². The zero-order valence-corrected chi connectivity index (χ0v) is 15.7. The zero-order chi connectivity index (χ0) is 16.7. The highest BCUT2D eigenvalue weighted by Crippen LogP contribution is 2.27. The number of oxazole rings is 1. The van der Waals surface area contributed by atoms with E-state index in [4.69, 9.17) is 4.42 Å². The lowest BCUT2D eigenvalue weighted by molar-refractivity contribution is 0.0946. The first-order valence-electron chi connectivity index (χ1n) is 7.68. The average molecular weight is 397 g/mol. The number of thioether (sulfide) groups is 1. The molecule has 0 atom stereocenters. The predicted molar refractivity (Wildman–Crippen MR) is 97.0 cm³/mol. The Bertz CT molecular complexity index is 643. The SMILES string of the molecule is CC(C)c1ocnc1C(=O)NCCCCSc1ccccc1Br. The van der Waals surface area contributed by atoms with Crippen LogP contribution in [0.2, 0.25) is 0 Å². The molecule has 1 N–H and O–H groups in total. The number of carbonyl (C=O) groups is 1. The number of benzene rings is 1. The van der Waals surface area contributed by atoms with Gasteiger partial charge in [0.05, 0.1) is 0 Å². The third-order valence-corrected chi connectivity index (χ3v) is 5.40. The number of nitrogens with zero attached hydrogens (tertiary/aromatic N) is 1. The summed E-state index contributed by atoms with van der Waals surface area (Å²) in [6, 6.07) is 8.21. The van der Waals surface area contributed by atoms with Gasteiger partial charge in [0.25, 0.3) is 5.91 Å². The first kappa shape index (κ1) is 18.1. The Labute approximate surface area is 149 Å². The van der Waals surface area contributed by atoms with Gasteiger partial charge in [0.15, 0.2) is 12.1 Å². The Balaban J connectivity index is 1.66. The number of hydrogen-bond donors (Lipinski definition) is 1. The molecular weight excluding hydrogens is 376 g/mol. The molecule has 0 aliphatic carbocycles. The van der Waals surface area contributed by atoms with Crippen LogP contribution in [0.3, 0.4) is 0 Å². The minimum atomic E-state index is -0.152. The molecule has 0 fully saturated rings. The molecule has 1 aromatic heterocycles. The maximum absolute atomic E-state index is 12.1. The van der Waals surface area contributed by atoms with Gasteiger partial charge in [-0.1, -0.05) is 26.0 Å². The highest BCUT2D eigenvalue weighted by Gasteiger charge is 2.18. The highest BCUT2D eigenvalue weighted by atomic mass is 79.9. The summed E-state index contributed by atoms with van der Waals surface area (Å²) in [5, 5.41) is 2.91. The van der Waals surface area contributed by atoms with Crippen molar-refractivity contribution in [3.05, 3.63) is 46.6 Å². The molecule has 6 heteroatoms. The summed E-state index contributed by atoms with van der Waals surface area (Å²) in [5.41, 5.74) is 0.405. The van der Waals surface area contributed by atoms with Crippen LogP contribution in [0.5, 0.6) is 0 Å². The van der Waals surface area contributed by atoms with Crippen molar-refractivity contribution in [3.8, 4) is 0 Å². The number of nitrogens with one attached hydrogen (secondary N) is 1. The number of unbranched alkanes of at least 4 members (excludes halogenated alkanes) is 1. The minimum Gasteiger partial charge on any atom is -0.447 e. The summed E-state index contributed by atoms with van der Waals surface area (Å²) in [6.07, 6.45) is 3.32. The fourth-order valence-electron chi connectivity index (χ4n) is 2.09. The molecule has 1 amide bonds. The second-order valence-corrected chi connectivity index (χ2v) is 7.45. The fraction of sp³-hybridized carbons (Fsp3) is 0.412. The maximum atomic E-state index is 12.1. The Morgan fingerprint density at radius 3 is 2.87 bits per heavy atom. The molecule has 0 bridgehead atoms. The number of hydrogen-bond acceptors (Lipinski definition) is 4. The first-order valence-corrected chi connectivity index (χ1v) is 9.46. The molecule has 0 spiro atoms. The molecule has 4 nitrogen and oxygen atoms in total. The molecule has 23 heavy (non-hydrogen) atoms. The monoisotopic (exact) mass is 396 g/mol. The van der Waals surface area contributed by atoms with Gasteiger partial charge in [0, 0.05) is 21.8 Å². The van der Waals surface area contributed by atoms with E-state index in [1.165, 1.54) is 11.3 Å². The second kappa shape index (κ2) is 9.13. The summed E-state index contributed by atoms with van der Waals surface area (Å²) < 4.78 is 6.40. The standard InChI is InChI=1S/C17H21BrN2O2S/c1-12(2)16-15(20-11-22-16)17(21)19-9-5-6-10-23-14-8-4-3-7-13(14)18/h3-4,7-8,11-12H,5-6,9-10H2,1-2H3,(H,19,21). The normalized spacial score (nSPS) is 11.0. The van der Waals surface area contributed by atoms with E-state index in [1.807, 2.05) is 43.8 Å². The molecule has 1 heterocycles. The minimum absolute atomic E-state index is 0.152. The number of rotatable bonds is 8. The number of amides is 1. The molecule has 1 aromatic carbocycles. The van der Waals surface area contributed by atoms with E-state index in [9.17, 15) is 4.79 Å². The van der Waals surface area contributed by atoms with Crippen LogP contribution in [-0.2, 0) is 0 Å². The summed E-state index contributed by atoms with van der Waals surface area (Å²) in [5.74, 6) is 1.67. The second-order valence-electron chi connectivity index (χ2n) is 5.46. The van der Waals surface area contributed by atoms with Gasteiger partial charge in [0.2, 0.25) is 0 Å². The van der Waals surface area contributed by atoms with Gasteiger partial charge in [-0.25, -0.2) is 4.98 Å². The van der Waals surface area contributed by atoms with E-state index in [2.05, 4.69) is 32.3 Å². The smallest absolute Gasteiger partial charge is 0.273 e. The lowest BCUT2D eigenvalue weighted by Crippen LogP contribution is -2.26. The fourth-order valence-corrected chi connectivity index (χ4v) is 3.67. The van der Waals surface area contributed by atoms with E-state index in [1.54, 1.807) is 0 Å². The van der Waals surface area contributed by atoms with Crippen molar-refractivity contribution in [1.29, 1.82) is 0 Å². The van der Waals surface area contributed by atoms with E-state index < -0.39 is 0 Å². The first-order chi connectivity index (χ1) is 11.1. The Hall–Kier alpha value is -1.27. The summed E-state index contributed by atoms with van der Waals surface area (Å²) >= 11 is 5.37. The Kier molecular flexibility index (Phi) is 7.17. The van der Waals surface area contributed by atoms with Crippen LogP contribution in [0.1, 0.15) is 48.9 Å². The number of aromatic nitrogens is 1.